The number of carbonyl (C=O) groups is 2. The number of hydrogen-bond acceptors (Lipinski definition) is 6. The van der Waals surface area contributed by atoms with Crippen molar-refractivity contribution < 1.29 is 32.6 Å². The summed E-state index contributed by atoms with van der Waals surface area (Å²) in [5, 5.41) is 16.1. The molecule has 0 unspecified atom stereocenters. The van der Waals surface area contributed by atoms with Crippen LogP contribution in [0.3, 0.4) is 0 Å². The number of carboxylic acids is 1. The molecular formula is C33H42N4O7S. The van der Waals surface area contributed by atoms with Gasteiger partial charge in [0.15, 0.2) is 0 Å². The van der Waals surface area contributed by atoms with Crippen LogP contribution in [0.1, 0.15) is 71.8 Å². The van der Waals surface area contributed by atoms with Gasteiger partial charge < -0.3 is 24.0 Å². The maximum absolute atomic E-state index is 14.3. The smallest absolute Gasteiger partial charge is 0.335 e. The summed E-state index contributed by atoms with van der Waals surface area (Å²) >= 11 is 0. The van der Waals surface area contributed by atoms with Crippen LogP contribution in [0.5, 0.6) is 5.75 Å². The van der Waals surface area contributed by atoms with Gasteiger partial charge in [0.05, 0.1) is 37.0 Å². The Kier molecular flexibility index (Phi) is 8.44. The predicted octanol–water partition coefficient (Wildman–Crippen LogP) is 4.16. The van der Waals surface area contributed by atoms with Crippen molar-refractivity contribution in [3.63, 3.8) is 0 Å². The molecule has 2 atom stereocenters. The molecule has 3 N–H and O–H groups in total. The molecule has 2 aromatic carbocycles. The highest BCUT2D eigenvalue weighted by molar-refractivity contribution is 7.86. The van der Waals surface area contributed by atoms with Gasteiger partial charge in [0.25, 0.3) is 10.2 Å². The normalized spacial score (nSPS) is 21.1. The zero-order valence-electron chi connectivity index (χ0n) is 26.1. The average molecular weight is 639 g/mol. The molecule has 1 aliphatic heterocycles. The van der Waals surface area contributed by atoms with Crippen LogP contribution in [0.2, 0.25) is 0 Å². The molecule has 3 aliphatic rings. The Hall–Kier alpha value is -3.45. The SMILES string of the molecule is COc1ccc2c(c1)[C@@H]1C[C@]1(C(=O)N(C)CCOCCN(C)S(N)(=O)=O)Cn1c-2c(C2CCCCC2)c2ccc(C(=O)O)cc21. The summed E-state index contributed by atoms with van der Waals surface area (Å²) in [6.07, 6.45) is 6.39. The van der Waals surface area contributed by atoms with Gasteiger partial charge in [-0.2, -0.15) is 12.7 Å². The van der Waals surface area contributed by atoms with E-state index in [-0.39, 0.29) is 37.1 Å². The first-order valence-electron chi connectivity index (χ1n) is 15.6. The van der Waals surface area contributed by atoms with Gasteiger partial charge >= 0.3 is 5.97 Å². The zero-order chi connectivity index (χ0) is 32.1. The summed E-state index contributed by atoms with van der Waals surface area (Å²) < 4.78 is 37.4. The van der Waals surface area contributed by atoms with Crippen molar-refractivity contribution in [3.05, 3.63) is 53.1 Å². The summed E-state index contributed by atoms with van der Waals surface area (Å²) in [5.41, 5.74) is 4.93. The van der Waals surface area contributed by atoms with Crippen molar-refractivity contribution in [1.82, 2.24) is 13.8 Å². The number of hydrogen-bond donors (Lipinski definition) is 2. The largest absolute Gasteiger partial charge is 0.497 e. The molecule has 1 aromatic heterocycles. The number of carbonyl (C=O) groups excluding carboxylic acids is 1. The Bertz CT molecular complexity index is 1750. The minimum Gasteiger partial charge on any atom is -0.497 e. The Morgan fingerprint density at radius 3 is 2.49 bits per heavy atom. The van der Waals surface area contributed by atoms with E-state index in [4.69, 9.17) is 14.6 Å². The molecule has 2 aliphatic carbocycles. The number of nitrogens with two attached hydrogens (primary N) is 1. The highest BCUT2D eigenvalue weighted by Gasteiger charge is 2.63. The number of aromatic carboxylic acids is 1. The van der Waals surface area contributed by atoms with Crippen LogP contribution in [0.4, 0.5) is 0 Å². The average Bonchev–Trinajstić information content (AvgIpc) is 3.69. The van der Waals surface area contributed by atoms with E-state index in [9.17, 15) is 23.1 Å². The third-order valence-electron chi connectivity index (χ3n) is 10.1. The second-order valence-corrected chi connectivity index (χ2v) is 14.4. The fourth-order valence-corrected chi connectivity index (χ4v) is 7.85. The van der Waals surface area contributed by atoms with Crippen molar-refractivity contribution >= 4 is 33.0 Å². The monoisotopic (exact) mass is 638 g/mol. The number of benzene rings is 2. The van der Waals surface area contributed by atoms with E-state index in [0.29, 0.717) is 25.4 Å². The van der Waals surface area contributed by atoms with Gasteiger partial charge in [-0.1, -0.05) is 25.3 Å². The molecule has 12 heteroatoms. The fourth-order valence-electron chi connectivity index (χ4n) is 7.52. The summed E-state index contributed by atoms with van der Waals surface area (Å²) in [6, 6.07) is 11.6. The lowest BCUT2D eigenvalue weighted by molar-refractivity contribution is -0.137. The van der Waals surface area contributed by atoms with Crippen molar-refractivity contribution in [1.29, 1.82) is 0 Å². The molecule has 2 heterocycles. The van der Waals surface area contributed by atoms with Gasteiger partial charge in [0, 0.05) is 56.1 Å². The quantitative estimate of drug-likeness (QED) is 0.300. The minimum absolute atomic E-state index is 0.00910. The molecule has 0 spiro atoms. The molecule has 6 rings (SSSR count). The van der Waals surface area contributed by atoms with E-state index in [1.165, 1.54) is 19.0 Å². The second-order valence-electron chi connectivity index (χ2n) is 12.8. The number of amides is 1. The lowest BCUT2D eigenvalue weighted by Gasteiger charge is -2.26. The van der Waals surface area contributed by atoms with Crippen molar-refractivity contribution in [2.75, 3.05) is 47.5 Å². The number of fused-ring (bicyclic) bond motifs is 7. The minimum atomic E-state index is -3.78. The van der Waals surface area contributed by atoms with Gasteiger partial charge in [-0.05, 0) is 66.6 Å². The number of methoxy groups -OCH3 is 1. The van der Waals surface area contributed by atoms with Crippen LogP contribution >= 0.6 is 0 Å². The van der Waals surface area contributed by atoms with E-state index in [1.54, 1.807) is 31.2 Å². The van der Waals surface area contributed by atoms with Crippen LogP contribution in [0.15, 0.2) is 36.4 Å². The first-order chi connectivity index (χ1) is 21.5. The van der Waals surface area contributed by atoms with Crippen LogP contribution in [0.25, 0.3) is 22.2 Å². The number of aromatic nitrogens is 1. The lowest BCUT2D eigenvalue weighted by atomic mass is 9.81. The highest BCUT2D eigenvalue weighted by atomic mass is 32.2. The van der Waals surface area contributed by atoms with Crippen LogP contribution in [-0.4, -0.2) is 86.7 Å². The van der Waals surface area contributed by atoms with E-state index >= 15 is 0 Å². The summed E-state index contributed by atoms with van der Waals surface area (Å²) in [4.78, 5) is 28.1. The maximum atomic E-state index is 14.3. The highest BCUT2D eigenvalue weighted by Crippen LogP contribution is 2.66. The Labute approximate surface area is 264 Å². The molecule has 3 aromatic rings. The number of carboxylic acid groups (broad SMARTS) is 1. The standard InChI is InChI=1S/C33H42N4O7S/c1-35(13-15-44-16-14-36(2)45(34,41)42)32(40)33-19-27(33)26-18-23(43-3)10-12-24(26)30-29(21-7-5-4-6-8-21)25-11-9-22(31(38)39)17-28(25)37(30)20-33/h9-12,17-18,21,27H,4-8,13-16,19-20H2,1-3H3,(H,38,39)(H2,34,41,42)/t27-,33-/m0/s1. The van der Waals surface area contributed by atoms with Gasteiger partial charge in [0.1, 0.15) is 5.75 Å². The topological polar surface area (TPSA) is 144 Å². The summed E-state index contributed by atoms with van der Waals surface area (Å²) in [7, 11) is 1.03. The van der Waals surface area contributed by atoms with Crippen LogP contribution in [0, 0.1) is 5.41 Å². The predicted molar refractivity (Wildman–Crippen MR) is 171 cm³/mol. The molecule has 45 heavy (non-hydrogen) atoms. The molecule has 0 bridgehead atoms. The Balaban J connectivity index is 1.38. The summed E-state index contributed by atoms with van der Waals surface area (Å²) in [5.74, 6) is 0.117. The van der Waals surface area contributed by atoms with Crippen molar-refractivity contribution in [2.24, 2.45) is 10.6 Å². The van der Waals surface area contributed by atoms with E-state index in [2.05, 4.69) is 16.7 Å². The fraction of sp³-hybridized carbons (Fsp3) is 0.515. The number of ether oxygens (including phenoxy) is 2. The van der Waals surface area contributed by atoms with Gasteiger partial charge in [-0.15, -0.1) is 0 Å². The van der Waals surface area contributed by atoms with E-state index in [1.807, 2.05) is 12.1 Å². The first kappa shape index (κ1) is 31.5. The van der Waals surface area contributed by atoms with Crippen molar-refractivity contribution in [2.45, 2.75) is 56.9 Å². The van der Waals surface area contributed by atoms with Gasteiger partial charge in [-0.25, -0.2) is 9.93 Å². The third kappa shape index (κ3) is 5.73. The third-order valence-corrected chi connectivity index (χ3v) is 11.1. The molecular weight excluding hydrogens is 596 g/mol. The first-order valence-corrected chi connectivity index (χ1v) is 17.1. The molecule has 1 amide bonds. The molecule has 0 radical (unpaired) electrons. The summed E-state index contributed by atoms with van der Waals surface area (Å²) in [6.45, 7) is 1.31. The van der Waals surface area contributed by atoms with E-state index in [0.717, 1.165) is 63.5 Å². The lowest BCUT2D eigenvalue weighted by Crippen LogP contribution is -2.39. The second kappa shape index (κ2) is 12.1. The molecule has 2 fully saturated rings. The molecule has 11 nitrogen and oxygen atoms in total. The number of rotatable bonds is 11. The Morgan fingerprint density at radius 2 is 1.80 bits per heavy atom. The zero-order valence-corrected chi connectivity index (χ0v) is 26.9. The van der Waals surface area contributed by atoms with E-state index < -0.39 is 21.6 Å². The number of nitrogens with zero attached hydrogens (tertiary/aromatic N) is 3. The van der Waals surface area contributed by atoms with Gasteiger partial charge in [-0.3, -0.25) is 4.79 Å². The number of likely N-dealkylation sites (N-methyl/N-ethyl adjacent to an activating group) is 2. The van der Waals surface area contributed by atoms with Crippen LogP contribution in [-0.2, 0) is 26.3 Å². The van der Waals surface area contributed by atoms with Crippen LogP contribution < -0.4 is 9.88 Å². The van der Waals surface area contributed by atoms with Gasteiger partial charge in [0.2, 0.25) is 5.91 Å². The molecule has 242 valence electrons. The maximum Gasteiger partial charge on any atom is 0.335 e. The molecule has 2 saturated carbocycles. The Morgan fingerprint density at radius 1 is 1.07 bits per heavy atom. The molecule has 0 saturated heterocycles. The van der Waals surface area contributed by atoms with Crippen molar-refractivity contribution in [3.8, 4) is 17.0 Å².